The number of hydrogen-bond donors (Lipinski definition) is 0. The number of carbonyl (C=O) groups excluding carboxylic acids is 1. The smallest absolute Gasteiger partial charge is 0.410 e. The number of rotatable bonds is 13. The molecule has 14 heteroatoms. The summed E-state index contributed by atoms with van der Waals surface area (Å²) in [5, 5.41) is 1.28. The van der Waals surface area contributed by atoms with Crippen LogP contribution in [0.3, 0.4) is 0 Å². The van der Waals surface area contributed by atoms with Gasteiger partial charge in [0, 0.05) is 72.5 Å². The van der Waals surface area contributed by atoms with Crippen LogP contribution in [-0.4, -0.2) is 118 Å². The highest BCUT2D eigenvalue weighted by Gasteiger charge is 2.47. The molecule has 11 nitrogen and oxygen atoms in total. The van der Waals surface area contributed by atoms with E-state index in [0.717, 1.165) is 45.3 Å². The van der Waals surface area contributed by atoms with Crippen LogP contribution in [0, 0.1) is 28.5 Å². The molecule has 4 fully saturated rings. The van der Waals surface area contributed by atoms with Crippen molar-refractivity contribution >= 4 is 41.7 Å². The van der Waals surface area contributed by atoms with Gasteiger partial charge in [-0.05, 0) is 99.0 Å². The lowest BCUT2D eigenvalue weighted by atomic mass is 9.93. The summed E-state index contributed by atoms with van der Waals surface area (Å²) in [7, 11) is -0.698. The van der Waals surface area contributed by atoms with Crippen molar-refractivity contribution in [2.45, 2.75) is 122 Å². The van der Waals surface area contributed by atoms with Gasteiger partial charge in [0.1, 0.15) is 36.6 Å². The fourth-order valence-corrected chi connectivity index (χ4v) is 16.1. The number of morpholine rings is 1. The van der Waals surface area contributed by atoms with Gasteiger partial charge in [0.2, 0.25) is 0 Å². The van der Waals surface area contributed by atoms with Crippen molar-refractivity contribution in [3.8, 4) is 34.4 Å². The molecule has 2 atom stereocenters. The maximum Gasteiger partial charge on any atom is 0.410 e. The SMILES string of the molecule is COCOc1cc(-c2ccc3c(N4CC5CCC(C4)N5C(=O)OC(C)(C)C)nc(OCC4(CN5CCOCC5)CC4)nc3c2F)c2c(C#C[Si](C(C)C)(C(C)C)C(C)C)ccc(F)c2c1. The molecule has 4 aliphatic rings. The zero-order chi connectivity index (χ0) is 46.4. The topological polar surface area (TPSA) is 98.7 Å². The maximum atomic E-state index is 18.0. The minimum Gasteiger partial charge on any atom is -0.468 e. The molecule has 1 aromatic heterocycles. The van der Waals surface area contributed by atoms with Gasteiger partial charge in [0.25, 0.3) is 0 Å². The van der Waals surface area contributed by atoms with E-state index in [9.17, 15) is 4.79 Å². The molecule has 1 saturated carbocycles. The number of anilines is 1. The zero-order valence-electron chi connectivity index (χ0n) is 40.0. The van der Waals surface area contributed by atoms with Crippen LogP contribution < -0.4 is 14.4 Å². The summed E-state index contributed by atoms with van der Waals surface area (Å²) in [4.78, 5) is 29.8. The predicted molar refractivity (Wildman–Crippen MR) is 254 cm³/mol. The number of benzene rings is 3. The Balaban J connectivity index is 1.26. The highest BCUT2D eigenvalue weighted by molar-refractivity contribution is 6.90. The minimum atomic E-state index is -2.21. The molecule has 3 saturated heterocycles. The lowest BCUT2D eigenvalue weighted by Crippen LogP contribution is -2.57. The second kappa shape index (κ2) is 18.6. The maximum absolute atomic E-state index is 18.0. The quantitative estimate of drug-likeness (QED) is 0.0733. The van der Waals surface area contributed by atoms with Crippen LogP contribution in [0.1, 0.15) is 93.6 Å². The predicted octanol–water partition coefficient (Wildman–Crippen LogP) is 10.4. The van der Waals surface area contributed by atoms with Gasteiger partial charge in [-0.1, -0.05) is 53.5 Å². The van der Waals surface area contributed by atoms with Crippen LogP contribution in [0.4, 0.5) is 19.4 Å². The Morgan fingerprint density at radius 2 is 1.58 bits per heavy atom. The van der Waals surface area contributed by atoms with Crippen LogP contribution in [0.5, 0.6) is 11.8 Å². The lowest BCUT2D eigenvalue weighted by molar-refractivity contribution is 0.0122. The first-order valence-corrected chi connectivity index (χ1v) is 25.8. The second-order valence-electron chi connectivity index (χ2n) is 20.7. The van der Waals surface area contributed by atoms with Gasteiger partial charge in [0.05, 0.1) is 31.9 Å². The van der Waals surface area contributed by atoms with E-state index in [-0.39, 0.29) is 52.9 Å². The van der Waals surface area contributed by atoms with Crippen LogP contribution in [0.15, 0.2) is 36.4 Å². The fraction of sp³-hybridized carbons (Fsp3) is 0.588. The van der Waals surface area contributed by atoms with Crippen LogP contribution in [-0.2, 0) is 14.2 Å². The number of nitrogens with zero attached hydrogens (tertiary/aromatic N) is 5. The van der Waals surface area contributed by atoms with E-state index >= 15 is 8.78 Å². The van der Waals surface area contributed by atoms with E-state index in [1.807, 2.05) is 31.7 Å². The number of halogens is 2. The highest BCUT2D eigenvalue weighted by atomic mass is 28.3. The average molecular weight is 912 g/mol. The van der Waals surface area contributed by atoms with E-state index in [1.54, 1.807) is 24.3 Å². The van der Waals surface area contributed by atoms with Crippen molar-refractivity contribution in [2.75, 3.05) is 71.3 Å². The summed E-state index contributed by atoms with van der Waals surface area (Å²) >= 11 is 0. The average Bonchev–Trinajstić information content (AvgIpc) is 3.96. The number of amides is 1. The molecular formula is C51H67F2N5O6Si. The van der Waals surface area contributed by atoms with Crippen molar-refractivity contribution in [1.82, 2.24) is 19.8 Å². The molecule has 0 spiro atoms. The molecule has 350 valence electrons. The summed E-state index contributed by atoms with van der Waals surface area (Å²) in [6.45, 7) is 24.5. The fourth-order valence-electron chi connectivity index (χ4n) is 10.9. The Morgan fingerprint density at radius 1 is 0.908 bits per heavy atom. The van der Waals surface area contributed by atoms with E-state index in [1.165, 1.54) is 13.2 Å². The standard InChI is InChI=1S/C51H67F2N5O6Si/c1-32(2)65(33(3)4,34(5)6)24-17-35-11-16-43(52)42-26-38(63-31-60-10)25-41(44(35)42)39-14-15-40-46(45(39)53)54-48(62-30-51(18-19-51)29-56-20-22-61-23-21-56)55-47(40)57-27-36-12-13-37(28-57)58(36)49(59)64-50(7,8)9/h11,14-16,25-26,32-34,36-37H,12-13,18-23,27-31H2,1-10H3. The van der Waals surface area contributed by atoms with Crippen molar-refractivity contribution in [2.24, 2.45) is 5.41 Å². The number of aromatic nitrogens is 2. The molecule has 8 rings (SSSR count). The van der Waals surface area contributed by atoms with Crippen LogP contribution in [0.25, 0.3) is 32.8 Å². The first kappa shape index (κ1) is 47.0. The van der Waals surface area contributed by atoms with E-state index < -0.39 is 25.3 Å². The van der Waals surface area contributed by atoms with Gasteiger partial charge >= 0.3 is 12.1 Å². The van der Waals surface area contributed by atoms with Gasteiger partial charge in [-0.3, -0.25) is 9.80 Å². The Labute approximate surface area is 384 Å². The first-order chi connectivity index (χ1) is 30.9. The molecule has 3 aromatic carbocycles. The van der Waals surface area contributed by atoms with Crippen LogP contribution in [0.2, 0.25) is 16.6 Å². The van der Waals surface area contributed by atoms with Crippen molar-refractivity contribution in [3.63, 3.8) is 0 Å². The van der Waals surface area contributed by atoms with E-state index in [0.29, 0.717) is 83.0 Å². The molecule has 65 heavy (non-hydrogen) atoms. The molecule has 1 aliphatic carbocycles. The van der Waals surface area contributed by atoms with Crippen molar-refractivity contribution < 1.29 is 37.3 Å². The van der Waals surface area contributed by atoms with Crippen LogP contribution >= 0.6 is 0 Å². The number of methoxy groups -OCH3 is 1. The summed E-state index contributed by atoms with van der Waals surface area (Å²) in [6, 6.07) is 9.98. The molecule has 3 aliphatic heterocycles. The van der Waals surface area contributed by atoms with Gasteiger partial charge in [-0.25, -0.2) is 13.6 Å². The molecule has 4 aromatic rings. The van der Waals surface area contributed by atoms with Gasteiger partial charge < -0.3 is 28.6 Å². The summed E-state index contributed by atoms with van der Waals surface area (Å²) in [5.41, 5.74) is 5.63. The second-order valence-corrected chi connectivity index (χ2v) is 26.3. The highest BCUT2D eigenvalue weighted by Crippen LogP contribution is 2.48. The normalized spacial score (nSPS) is 19.9. The van der Waals surface area contributed by atoms with Crippen molar-refractivity contribution in [3.05, 3.63) is 53.6 Å². The number of carbonyl (C=O) groups is 1. The summed E-state index contributed by atoms with van der Waals surface area (Å²) < 4.78 is 63.3. The van der Waals surface area contributed by atoms with E-state index in [2.05, 4.69) is 62.8 Å². The summed E-state index contributed by atoms with van der Waals surface area (Å²) in [6.07, 6.45) is 3.36. The van der Waals surface area contributed by atoms with Gasteiger partial charge in [-0.15, -0.1) is 5.54 Å². The number of hydrogen-bond acceptors (Lipinski definition) is 10. The molecule has 2 unspecified atom stereocenters. The molecule has 1 amide bonds. The number of ether oxygens (including phenoxy) is 5. The Kier molecular flexibility index (Phi) is 13.4. The molecule has 0 radical (unpaired) electrons. The third-order valence-corrected chi connectivity index (χ3v) is 20.5. The van der Waals surface area contributed by atoms with E-state index in [4.69, 9.17) is 33.7 Å². The molecule has 2 bridgehead atoms. The number of piperazine rings is 1. The molecular weight excluding hydrogens is 845 g/mol. The zero-order valence-corrected chi connectivity index (χ0v) is 41.0. The Bertz CT molecular complexity index is 2440. The third kappa shape index (κ3) is 9.53. The third-order valence-electron chi connectivity index (χ3n) is 14.2. The largest absolute Gasteiger partial charge is 0.468 e. The monoisotopic (exact) mass is 911 g/mol. The Morgan fingerprint density at radius 3 is 2.20 bits per heavy atom. The Hall–Kier alpha value is -4.55. The lowest BCUT2D eigenvalue weighted by Gasteiger charge is -2.42. The molecule has 4 heterocycles. The summed E-state index contributed by atoms with van der Waals surface area (Å²) in [5.74, 6) is 3.36. The van der Waals surface area contributed by atoms with Crippen molar-refractivity contribution in [1.29, 1.82) is 0 Å². The van der Waals surface area contributed by atoms with Gasteiger partial charge in [0.15, 0.2) is 12.6 Å². The first-order valence-electron chi connectivity index (χ1n) is 23.5. The molecule has 0 N–H and O–H groups in total. The minimum absolute atomic E-state index is 0.0431. The number of fused-ring (bicyclic) bond motifs is 4. The van der Waals surface area contributed by atoms with Gasteiger partial charge in [-0.2, -0.15) is 9.97 Å².